The molecule has 0 radical (unpaired) electrons. The number of benzene rings is 1. The molecule has 22 heavy (non-hydrogen) atoms. The van der Waals surface area contributed by atoms with Gasteiger partial charge in [-0.2, -0.15) is 5.10 Å². The fourth-order valence-corrected chi connectivity index (χ4v) is 3.53. The van der Waals surface area contributed by atoms with Crippen molar-refractivity contribution in [2.45, 2.75) is 6.54 Å². The van der Waals surface area contributed by atoms with Crippen LogP contribution in [0.1, 0.15) is 15.9 Å². The van der Waals surface area contributed by atoms with Gasteiger partial charge in [0, 0.05) is 32.4 Å². The fourth-order valence-electron chi connectivity index (χ4n) is 3.53. The summed E-state index contributed by atoms with van der Waals surface area (Å²) in [5, 5.41) is 7.73. The molecular weight excluding hydrogens is 276 g/mol. The van der Waals surface area contributed by atoms with Crippen molar-refractivity contribution in [1.29, 1.82) is 0 Å². The number of hydrogen-bond donors (Lipinski definition) is 1. The van der Waals surface area contributed by atoms with Gasteiger partial charge in [0.2, 0.25) is 0 Å². The van der Waals surface area contributed by atoms with E-state index in [1.165, 1.54) is 5.56 Å². The average Bonchev–Trinajstić information content (AvgIpc) is 3.22. The summed E-state index contributed by atoms with van der Waals surface area (Å²) in [5.41, 5.74) is 1.88. The topological polar surface area (TPSA) is 50.2 Å². The van der Waals surface area contributed by atoms with Crippen molar-refractivity contribution in [2.24, 2.45) is 11.8 Å². The van der Waals surface area contributed by atoms with Crippen LogP contribution >= 0.6 is 0 Å². The maximum Gasteiger partial charge on any atom is 0.257 e. The van der Waals surface area contributed by atoms with E-state index in [4.69, 9.17) is 0 Å². The van der Waals surface area contributed by atoms with Gasteiger partial charge >= 0.3 is 0 Å². The number of amides is 1. The Hall–Kier alpha value is -2.14. The Labute approximate surface area is 129 Å². The maximum atomic E-state index is 12.6. The lowest BCUT2D eigenvalue weighted by Gasteiger charge is -2.16. The van der Waals surface area contributed by atoms with Crippen LogP contribution < -0.4 is 5.32 Å². The molecule has 2 saturated heterocycles. The van der Waals surface area contributed by atoms with Crippen LogP contribution in [0.2, 0.25) is 0 Å². The molecule has 2 fully saturated rings. The van der Waals surface area contributed by atoms with E-state index in [1.54, 1.807) is 6.20 Å². The lowest BCUT2D eigenvalue weighted by atomic mass is 10.0. The Morgan fingerprint density at radius 3 is 2.64 bits per heavy atom. The molecule has 5 nitrogen and oxygen atoms in total. The SMILES string of the molecule is O=C(c1cnn(Cc2ccccc2)c1)N1C[C@H]2CNC[C@H]2C1. The second kappa shape index (κ2) is 5.57. The monoisotopic (exact) mass is 296 g/mol. The number of hydrogen-bond acceptors (Lipinski definition) is 3. The van der Waals surface area contributed by atoms with Crippen molar-refractivity contribution in [3.8, 4) is 0 Å². The van der Waals surface area contributed by atoms with Crippen molar-refractivity contribution >= 4 is 5.91 Å². The predicted octanol–water partition coefficient (Wildman–Crippen LogP) is 1.22. The summed E-state index contributed by atoms with van der Waals surface area (Å²) in [7, 11) is 0. The Bertz CT molecular complexity index is 654. The van der Waals surface area contributed by atoms with Crippen molar-refractivity contribution in [3.63, 3.8) is 0 Å². The Morgan fingerprint density at radius 2 is 1.91 bits per heavy atom. The summed E-state index contributed by atoms with van der Waals surface area (Å²) < 4.78 is 1.83. The van der Waals surface area contributed by atoms with E-state index >= 15 is 0 Å². The second-order valence-electron chi connectivity index (χ2n) is 6.30. The lowest BCUT2D eigenvalue weighted by Crippen LogP contribution is -2.31. The minimum absolute atomic E-state index is 0.119. The highest BCUT2D eigenvalue weighted by molar-refractivity contribution is 5.94. The predicted molar refractivity (Wildman–Crippen MR) is 83.5 cm³/mol. The Balaban J connectivity index is 1.44. The smallest absolute Gasteiger partial charge is 0.257 e. The molecule has 1 aromatic carbocycles. The van der Waals surface area contributed by atoms with Gasteiger partial charge in [-0.1, -0.05) is 30.3 Å². The summed E-state index contributed by atoms with van der Waals surface area (Å²) in [6, 6.07) is 10.2. The van der Waals surface area contributed by atoms with E-state index in [-0.39, 0.29) is 5.91 Å². The van der Waals surface area contributed by atoms with Crippen molar-refractivity contribution in [3.05, 3.63) is 53.9 Å². The molecule has 1 N–H and O–H groups in total. The molecule has 0 unspecified atom stereocenters. The van der Waals surface area contributed by atoms with Crippen LogP contribution in [0.4, 0.5) is 0 Å². The Kier molecular flexibility index (Phi) is 3.42. The Morgan fingerprint density at radius 1 is 1.18 bits per heavy atom. The first kappa shape index (κ1) is 13.5. The molecule has 114 valence electrons. The van der Waals surface area contributed by atoms with Gasteiger partial charge in [0.15, 0.2) is 0 Å². The number of rotatable bonds is 3. The van der Waals surface area contributed by atoms with Crippen LogP contribution in [-0.4, -0.2) is 46.8 Å². The molecule has 0 spiro atoms. The van der Waals surface area contributed by atoms with E-state index in [2.05, 4.69) is 22.5 Å². The molecule has 3 heterocycles. The third-order valence-corrected chi connectivity index (χ3v) is 4.74. The molecule has 1 amide bonds. The van der Waals surface area contributed by atoms with E-state index in [0.717, 1.165) is 26.2 Å². The number of carbonyl (C=O) groups excluding carboxylic acids is 1. The molecule has 5 heteroatoms. The first-order valence-corrected chi connectivity index (χ1v) is 7.86. The van der Waals surface area contributed by atoms with Gasteiger partial charge in [-0.3, -0.25) is 9.48 Å². The van der Waals surface area contributed by atoms with Crippen LogP contribution in [0.25, 0.3) is 0 Å². The van der Waals surface area contributed by atoms with Crippen LogP contribution in [0, 0.1) is 11.8 Å². The number of fused-ring (bicyclic) bond motifs is 1. The van der Waals surface area contributed by atoms with Gasteiger partial charge in [-0.05, 0) is 17.4 Å². The number of aromatic nitrogens is 2. The van der Waals surface area contributed by atoms with Crippen LogP contribution in [0.5, 0.6) is 0 Å². The highest BCUT2D eigenvalue weighted by Crippen LogP contribution is 2.27. The molecule has 1 aromatic heterocycles. The fraction of sp³-hybridized carbons (Fsp3) is 0.412. The van der Waals surface area contributed by atoms with Gasteiger partial charge in [0.05, 0.1) is 18.3 Å². The summed E-state index contributed by atoms with van der Waals surface area (Å²) in [4.78, 5) is 14.6. The molecule has 2 atom stereocenters. The molecule has 0 saturated carbocycles. The normalized spacial score (nSPS) is 23.7. The van der Waals surface area contributed by atoms with Crippen molar-refractivity contribution < 1.29 is 4.79 Å². The number of likely N-dealkylation sites (tertiary alicyclic amines) is 1. The van der Waals surface area contributed by atoms with Crippen LogP contribution in [-0.2, 0) is 6.54 Å². The molecule has 0 bridgehead atoms. The highest BCUT2D eigenvalue weighted by atomic mass is 16.2. The minimum atomic E-state index is 0.119. The molecule has 0 aliphatic carbocycles. The van der Waals surface area contributed by atoms with Crippen molar-refractivity contribution in [1.82, 2.24) is 20.0 Å². The minimum Gasteiger partial charge on any atom is -0.338 e. The zero-order chi connectivity index (χ0) is 14.9. The van der Waals surface area contributed by atoms with Crippen LogP contribution in [0.15, 0.2) is 42.7 Å². The number of carbonyl (C=O) groups is 1. The maximum absolute atomic E-state index is 12.6. The van der Waals surface area contributed by atoms with Gasteiger partial charge in [-0.25, -0.2) is 0 Å². The molecule has 4 rings (SSSR count). The van der Waals surface area contributed by atoms with E-state index in [1.807, 2.05) is 34.0 Å². The van der Waals surface area contributed by atoms with Crippen LogP contribution in [0.3, 0.4) is 0 Å². The van der Waals surface area contributed by atoms with Crippen molar-refractivity contribution in [2.75, 3.05) is 26.2 Å². The third kappa shape index (κ3) is 2.52. The quantitative estimate of drug-likeness (QED) is 0.926. The zero-order valence-electron chi connectivity index (χ0n) is 12.5. The number of nitrogens with zero attached hydrogens (tertiary/aromatic N) is 3. The average molecular weight is 296 g/mol. The standard InChI is InChI=1S/C17H20N4O/c22-17(20-10-14-6-18-7-15(14)11-20)16-8-19-21(12-16)9-13-4-2-1-3-5-13/h1-5,8,12,14-15,18H,6-7,9-11H2/t14-,15+. The first-order chi connectivity index (χ1) is 10.8. The molecule has 2 aliphatic heterocycles. The van der Waals surface area contributed by atoms with E-state index in [0.29, 0.717) is 23.9 Å². The zero-order valence-corrected chi connectivity index (χ0v) is 12.5. The summed E-state index contributed by atoms with van der Waals surface area (Å²) >= 11 is 0. The first-order valence-electron chi connectivity index (χ1n) is 7.86. The third-order valence-electron chi connectivity index (χ3n) is 4.74. The van der Waals surface area contributed by atoms with Gasteiger partial charge in [-0.15, -0.1) is 0 Å². The summed E-state index contributed by atoms with van der Waals surface area (Å²) in [6.07, 6.45) is 3.55. The lowest BCUT2D eigenvalue weighted by molar-refractivity contribution is 0.0781. The second-order valence-corrected chi connectivity index (χ2v) is 6.30. The van der Waals surface area contributed by atoms with Gasteiger partial charge < -0.3 is 10.2 Å². The van der Waals surface area contributed by atoms with Gasteiger partial charge in [0.25, 0.3) is 5.91 Å². The van der Waals surface area contributed by atoms with E-state index in [9.17, 15) is 4.79 Å². The molecule has 2 aromatic rings. The number of nitrogens with one attached hydrogen (secondary N) is 1. The highest BCUT2D eigenvalue weighted by Gasteiger charge is 2.38. The molecular formula is C17H20N4O. The van der Waals surface area contributed by atoms with Gasteiger partial charge in [0.1, 0.15) is 0 Å². The summed E-state index contributed by atoms with van der Waals surface area (Å²) in [6.45, 7) is 4.54. The van der Waals surface area contributed by atoms with E-state index < -0.39 is 0 Å². The largest absolute Gasteiger partial charge is 0.338 e. The summed E-state index contributed by atoms with van der Waals surface area (Å²) in [5.74, 6) is 1.38. The molecule has 2 aliphatic rings.